The number of nitrogens with zero attached hydrogens (tertiary/aromatic N) is 1. The van der Waals surface area contributed by atoms with Crippen LogP contribution in [0.4, 0.5) is 5.69 Å². The number of hydrogen-bond donors (Lipinski definition) is 2. The number of anilines is 1. The number of rotatable bonds is 5. The Balaban J connectivity index is 1.76. The summed E-state index contributed by atoms with van der Waals surface area (Å²) in [5.41, 5.74) is 0.948. The number of likely N-dealkylation sites (tertiary alicyclic amines) is 1. The average molecular weight is 267 g/mol. The predicted octanol–water partition coefficient (Wildman–Crippen LogP) is 1.75. The van der Waals surface area contributed by atoms with Crippen LogP contribution >= 0.6 is 11.3 Å². The fraction of sp³-hybridized carbons (Fsp3) is 0.615. The minimum atomic E-state index is -0.00734. The highest BCUT2D eigenvalue weighted by Gasteiger charge is 2.18. The van der Waals surface area contributed by atoms with E-state index in [9.17, 15) is 4.79 Å². The maximum Gasteiger partial charge on any atom is 0.221 e. The normalized spacial score (nSPS) is 20.2. The van der Waals surface area contributed by atoms with Crippen molar-refractivity contribution in [1.82, 2.24) is 10.2 Å². The third kappa shape index (κ3) is 3.80. The molecule has 2 N–H and O–H groups in total. The topological polar surface area (TPSA) is 44.4 Å². The molecule has 1 aromatic heterocycles. The number of nitrogens with one attached hydrogen (secondary N) is 2. The standard InChI is InChI=1S/C13H21N3OS/c1-10(17)15-12-4-6-18-13(12)8-14-7-11-3-5-16(2)9-11/h4,6,11,14H,3,5,7-9H2,1-2H3,(H,15,17). The van der Waals surface area contributed by atoms with Gasteiger partial charge in [-0.2, -0.15) is 0 Å². The van der Waals surface area contributed by atoms with E-state index in [0.29, 0.717) is 0 Å². The molecule has 0 aromatic carbocycles. The molecule has 1 atom stereocenters. The molecule has 5 heteroatoms. The van der Waals surface area contributed by atoms with Crippen LogP contribution in [0.15, 0.2) is 11.4 Å². The fourth-order valence-corrected chi connectivity index (χ4v) is 3.16. The number of carbonyl (C=O) groups excluding carboxylic acids is 1. The van der Waals surface area contributed by atoms with Crippen molar-refractivity contribution >= 4 is 22.9 Å². The van der Waals surface area contributed by atoms with Crippen LogP contribution in [0.25, 0.3) is 0 Å². The van der Waals surface area contributed by atoms with Crippen molar-refractivity contribution in [3.63, 3.8) is 0 Å². The van der Waals surface area contributed by atoms with Gasteiger partial charge in [-0.3, -0.25) is 4.79 Å². The number of carbonyl (C=O) groups is 1. The summed E-state index contributed by atoms with van der Waals surface area (Å²) in [4.78, 5) is 14.6. The molecule has 18 heavy (non-hydrogen) atoms. The molecule has 1 fully saturated rings. The molecule has 2 rings (SSSR count). The Morgan fingerprint density at radius 3 is 3.11 bits per heavy atom. The lowest BCUT2D eigenvalue weighted by atomic mass is 10.1. The monoisotopic (exact) mass is 267 g/mol. The first kappa shape index (κ1) is 13.5. The highest BCUT2D eigenvalue weighted by atomic mass is 32.1. The Kier molecular flexibility index (Phi) is 4.74. The smallest absolute Gasteiger partial charge is 0.221 e. The second-order valence-corrected chi connectivity index (χ2v) is 5.99. The Bertz CT molecular complexity index is 405. The summed E-state index contributed by atoms with van der Waals surface area (Å²) in [6, 6.07) is 1.96. The molecule has 1 aliphatic heterocycles. The summed E-state index contributed by atoms with van der Waals surface area (Å²) in [7, 11) is 2.17. The van der Waals surface area contributed by atoms with Crippen molar-refractivity contribution in [2.24, 2.45) is 5.92 Å². The summed E-state index contributed by atoms with van der Waals surface area (Å²) in [5, 5.41) is 8.38. The van der Waals surface area contributed by atoms with Gasteiger partial charge in [-0.05, 0) is 43.9 Å². The Morgan fingerprint density at radius 1 is 1.61 bits per heavy atom. The molecule has 0 bridgehead atoms. The molecule has 0 saturated carbocycles. The molecular formula is C13H21N3OS. The lowest BCUT2D eigenvalue weighted by Gasteiger charge is -2.12. The van der Waals surface area contributed by atoms with E-state index < -0.39 is 0 Å². The van der Waals surface area contributed by atoms with Gasteiger partial charge in [-0.25, -0.2) is 0 Å². The third-order valence-corrected chi connectivity index (χ3v) is 4.18. The quantitative estimate of drug-likeness (QED) is 0.854. The molecular weight excluding hydrogens is 246 g/mol. The van der Waals surface area contributed by atoms with Crippen LogP contribution in [0.3, 0.4) is 0 Å². The van der Waals surface area contributed by atoms with Crippen molar-refractivity contribution in [3.05, 3.63) is 16.3 Å². The van der Waals surface area contributed by atoms with Gasteiger partial charge in [-0.15, -0.1) is 11.3 Å². The second-order valence-electron chi connectivity index (χ2n) is 4.99. The molecule has 100 valence electrons. The van der Waals surface area contributed by atoms with Gasteiger partial charge in [0.25, 0.3) is 0 Å². The highest BCUT2D eigenvalue weighted by molar-refractivity contribution is 7.10. The first-order valence-corrected chi connectivity index (χ1v) is 7.26. The van der Waals surface area contributed by atoms with Crippen molar-refractivity contribution in [2.75, 3.05) is 32.0 Å². The Hall–Kier alpha value is -0.910. The average Bonchev–Trinajstić information content (AvgIpc) is 2.88. The van der Waals surface area contributed by atoms with Crippen molar-refractivity contribution < 1.29 is 4.79 Å². The van der Waals surface area contributed by atoms with Gasteiger partial charge in [0.15, 0.2) is 0 Å². The molecule has 1 amide bonds. The minimum Gasteiger partial charge on any atom is -0.325 e. The lowest BCUT2D eigenvalue weighted by molar-refractivity contribution is -0.114. The van der Waals surface area contributed by atoms with Crippen molar-refractivity contribution in [2.45, 2.75) is 19.9 Å². The molecule has 0 radical (unpaired) electrons. The van der Waals surface area contributed by atoms with Crippen LogP contribution in [0.5, 0.6) is 0 Å². The summed E-state index contributed by atoms with van der Waals surface area (Å²) < 4.78 is 0. The number of thiophene rings is 1. The minimum absolute atomic E-state index is 0.00734. The summed E-state index contributed by atoms with van der Waals surface area (Å²) >= 11 is 1.69. The van der Waals surface area contributed by atoms with Gasteiger partial charge >= 0.3 is 0 Å². The van der Waals surface area contributed by atoms with Gasteiger partial charge in [0.1, 0.15) is 0 Å². The summed E-state index contributed by atoms with van der Waals surface area (Å²) in [5.74, 6) is 0.756. The maximum atomic E-state index is 11.0. The lowest BCUT2D eigenvalue weighted by Crippen LogP contribution is -2.24. The van der Waals surface area contributed by atoms with E-state index in [1.807, 2.05) is 11.4 Å². The first-order valence-electron chi connectivity index (χ1n) is 6.38. The van der Waals surface area contributed by atoms with Gasteiger partial charge in [0.05, 0.1) is 5.69 Å². The predicted molar refractivity (Wildman–Crippen MR) is 75.9 cm³/mol. The van der Waals surface area contributed by atoms with Crippen molar-refractivity contribution in [1.29, 1.82) is 0 Å². The van der Waals surface area contributed by atoms with E-state index in [1.165, 1.54) is 24.4 Å². The van der Waals surface area contributed by atoms with Crippen LogP contribution in [-0.2, 0) is 11.3 Å². The zero-order valence-electron chi connectivity index (χ0n) is 11.0. The molecule has 0 aliphatic carbocycles. The van der Waals surface area contributed by atoms with Crippen LogP contribution in [-0.4, -0.2) is 37.5 Å². The summed E-state index contributed by atoms with van der Waals surface area (Å²) in [6.45, 7) is 5.84. The van der Waals surface area contributed by atoms with E-state index >= 15 is 0 Å². The highest BCUT2D eigenvalue weighted by Crippen LogP contribution is 2.22. The molecule has 2 heterocycles. The molecule has 1 aromatic rings. The first-order chi connectivity index (χ1) is 8.65. The van der Waals surface area contributed by atoms with E-state index in [4.69, 9.17) is 0 Å². The van der Waals surface area contributed by atoms with Gasteiger partial charge in [-0.1, -0.05) is 0 Å². The van der Waals surface area contributed by atoms with Crippen LogP contribution < -0.4 is 10.6 Å². The zero-order chi connectivity index (χ0) is 13.0. The van der Waals surface area contributed by atoms with Gasteiger partial charge in [0, 0.05) is 24.9 Å². The second kappa shape index (κ2) is 6.31. The number of amides is 1. The van der Waals surface area contributed by atoms with Gasteiger partial charge < -0.3 is 15.5 Å². The zero-order valence-corrected chi connectivity index (χ0v) is 11.8. The van der Waals surface area contributed by atoms with Gasteiger partial charge in [0.2, 0.25) is 5.91 Å². The fourth-order valence-electron chi connectivity index (χ4n) is 2.36. The van der Waals surface area contributed by atoms with Crippen LogP contribution in [0.2, 0.25) is 0 Å². The molecule has 0 spiro atoms. The maximum absolute atomic E-state index is 11.0. The number of hydrogen-bond acceptors (Lipinski definition) is 4. The van der Waals surface area contributed by atoms with E-state index in [1.54, 1.807) is 18.3 Å². The van der Waals surface area contributed by atoms with E-state index in [0.717, 1.165) is 24.7 Å². The molecule has 1 saturated heterocycles. The Morgan fingerprint density at radius 2 is 2.44 bits per heavy atom. The molecule has 1 aliphatic rings. The summed E-state index contributed by atoms with van der Waals surface area (Å²) in [6.07, 6.45) is 1.28. The van der Waals surface area contributed by atoms with Crippen molar-refractivity contribution in [3.8, 4) is 0 Å². The molecule has 4 nitrogen and oxygen atoms in total. The third-order valence-electron chi connectivity index (χ3n) is 3.26. The van der Waals surface area contributed by atoms with Crippen LogP contribution in [0.1, 0.15) is 18.2 Å². The SMILES string of the molecule is CC(=O)Nc1ccsc1CNCC1CCN(C)C1. The van der Waals surface area contributed by atoms with E-state index in [2.05, 4.69) is 22.6 Å². The van der Waals surface area contributed by atoms with E-state index in [-0.39, 0.29) is 5.91 Å². The molecule has 1 unspecified atom stereocenters. The Labute approximate surface area is 112 Å². The van der Waals surface area contributed by atoms with Crippen LogP contribution in [0, 0.1) is 5.92 Å². The largest absolute Gasteiger partial charge is 0.325 e.